The van der Waals surface area contributed by atoms with Gasteiger partial charge in [0.2, 0.25) is 0 Å². The first-order valence-electron chi connectivity index (χ1n) is 11.4. The van der Waals surface area contributed by atoms with Gasteiger partial charge in [-0.1, -0.05) is 101 Å². The number of hydrogen-bond acceptors (Lipinski definition) is 0. The van der Waals surface area contributed by atoms with Crippen molar-refractivity contribution in [3.8, 4) is 0 Å². The lowest BCUT2D eigenvalue weighted by atomic mass is 9.97. The Morgan fingerprint density at radius 2 is 0.962 bits per heavy atom. The van der Waals surface area contributed by atoms with Gasteiger partial charge in [0.25, 0.3) is 0 Å². The lowest BCUT2D eigenvalue weighted by Gasteiger charge is -2.09. The van der Waals surface area contributed by atoms with E-state index in [1.807, 2.05) is 0 Å². The highest BCUT2D eigenvalue weighted by Gasteiger charge is 2.00. The Morgan fingerprint density at radius 3 is 1.31 bits per heavy atom. The molecule has 0 radical (unpaired) electrons. The van der Waals surface area contributed by atoms with Crippen LogP contribution in [0.15, 0.2) is 48.6 Å². The van der Waals surface area contributed by atoms with Gasteiger partial charge in [-0.15, -0.1) is 13.2 Å². The summed E-state index contributed by atoms with van der Waals surface area (Å²) in [5.41, 5.74) is 3.15. The molecular formula is C26H46. The number of hydrogen-bond donors (Lipinski definition) is 0. The van der Waals surface area contributed by atoms with E-state index in [1.165, 1.54) is 89.9 Å². The molecule has 0 aromatic heterocycles. The van der Waals surface area contributed by atoms with Crippen molar-refractivity contribution >= 4 is 0 Å². The second kappa shape index (κ2) is 20.3. The topological polar surface area (TPSA) is 0 Å². The van der Waals surface area contributed by atoms with Gasteiger partial charge >= 0.3 is 0 Å². The first-order chi connectivity index (χ1) is 12.8. The van der Waals surface area contributed by atoms with Crippen LogP contribution in [0.4, 0.5) is 0 Å². The van der Waals surface area contributed by atoms with Crippen LogP contribution in [-0.4, -0.2) is 0 Å². The fourth-order valence-corrected chi connectivity index (χ4v) is 3.37. The molecule has 0 amide bonds. The van der Waals surface area contributed by atoms with E-state index in [9.17, 15) is 0 Å². The molecule has 0 saturated carbocycles. The summed E-state index contributed by atoms with van der Waals surface area (Å²) in [6.07, 6.45) is 29.7. The lowest BCUT2D eigenvalue weighted by molar-refractivity contribution is 0.634. The van der Waals surface area contributed by atoms with Crippen molar-refractivity contribution in [2.75, 3.05) is 0 Å². The SMILES string of the molecule is C=CC/C(=C/CCCCCCC)CC/C(=C\CCCCCCC)CC=C. The van der Waals surface area contributed by atoms with Gasteiger partial charge in [-0.05, 0) is 51.4 Å². The van der Waals surface area contributed by atoms with Crippen molar-refractivity contribution in [3.05, 3.63) is 48.6 Å². The molecule has 0 aliphatic heterocycles. The van der Waals surface area contributed by atoms with E-state index in [4.69, 9.17) is 0 Å². The quantitative estimate of drug-likeness (QED) is 0.159. The van der Waals surface area contributed by atoms with Gasteiger partial charge < -0.3 is 0 Å². The molecule has 0 aliphatic rings. The molecule has 0 aliphatic carbocycles. The molecular weight excluding hydrogens is 312 g/mol. The van der Waals surface area contributed by atoms with Crippen LogP contribution in [0, 0.1) is 0 Å². The molecule has 0 heterocycles. The van der Waals surface area contributed by atoms with Crippen LogP contribution in [0.2, 0.25) is 0 Å². The van der Waals surface area contributed by atoms with Crippen LogP contribution in [-0.2, 0) is 0 Å². The summed E-state index contributed by atoms with van der Waals surface area (Å²) in [5.74, 6) is 0. The van der Waals surface area contributed by atoms with Gasteiger partial charge in [0.15, 0.2) is 0 Å². The highest BCUT2D eigenvalue weighted by atomic mass is 14.1. The predicted molar refractivity (Wildman–Crippen MR) is 122 cm³/mol. The third-order valence-corrected chi connectivity index (χ3v) is 5.06. The molecule has 0 spiro atoms. The molecule has 0 heteroatoms. The molecule has 0 unspecified atom stereocenters. The largest absolute Gasteiger partial charge is 0.103 e. The highest BCUT2D eigenvalue weighted by Crippen LogP contribution is 2.20. The molecule has 0 aromatic carbocycles. The van der Waals surface area contributed by atoms with Crippen molar-refractivity contribution in [1.82, 2.24) is 0 Å². The van der Waals surface area contributed by atoms with Crippen LogP contribution in [0.5, 0.6) is 0 Å². The Labute approximate surface area is 165 Å². The summed E-state index contributed by atoms with van der Waals surface area (Å²) in [6, 6.07) is 0. The average Bonchev–Trinajstić information content (AvgIpc) is 2.64. The zero-order valence-electron chi connectivity index (χ0n) is 18.0. The second-order valence-electron chi connectivity index (χ2n) is 7.62. The zero-order valence-corrected chi connectivity index (χ0v) is 18.0. The molecule has 26 heavy (non-hydrogen) atoms. The predicted octanol–water partition coefficient (Wildman–Crippen LogP) is 9.49. The number of rotatable bonds is 19. The van der Waals surface area contributed by atoms with Crippen LogP contribution in [0.25, 0.3) is 0 Å². The second-order valence-corrected chi connectivity index (χ2v) is 7.62. The van der Waals surface area contributed by atoms with Gasteiger partial charge in [0.05, 0.1) is 0 Å². The van der Waals surface area contributed by atoms with Crippen molar-refractivity contribution in [3.63, 3.8) is 0 Å². The Balaban J connectivity index is 4.26. The Kier molecular flexibility index (Phi) is 19.5. The Morgan fingerprint density at radius 1 is 0.577 bits per heavy atom. The maximum atomic E-state index is 3.95. The van der Waals surface area contributed by atoms with Gasteiger partial charge in [-0.25, -0.2) is 0 Å². The zero-order chi connectivity index (χ0) is 19.3. The van der Waals surface area contributed by atoms with Crippen LogP contribution < -0.4 is 0 Å². The fourth-order valence-electron chi connectivity index (χ4n) is 3.37. The highest BCUT2D eigenvalue weighted by molar-refractivity contribution is 5.13. The van der Waals surface area contributed by atoms with Crippen molar-refractivity contribution < 1.29 is 0 Å². The molecule has 0 rings (SSSR count). The van der Waals surface area contributed by atoms with E-state index < -0.39 is 0 Å². The minimum absolute atomic E-state index is 1.05. The molecule has 0 saturated heterocycles. The van der Waals surface area contributed by atoms with E-state index >= 15 is 0 Å². The van der Waals surface area contributed by atoms with Gasteiger partial charge in [0, 0.05) is 0 Å². The average molecular weight is 359 g/mol. The van der Waals surface area contributed by atoms with E-state index in [-0.39, 0.29) is 0 Å². The molecule has 0 atom stereocenters. The Bertz CT molecular complexity index is 345. The van der Waals surface area contributed by atoms with Gasteiger partial charge in [-0.2, -0.15) is 0 Å². The van der Waals surface area contributed by atoms with Gasteiger partial charge in [0.1, 0.15) is 0 Å². The maximum Gasteiger partial charge on any atom is -0.0141 e. The van der Waals surface area contributed by atoms with E-state index in [1.54, 1.807) is 11.1 Å². The first-order valence-corrected chi connectivity index (χ1v) is 11.4. The van der Waals surface area contributed by atoms with E-state index in [2.05, 4.69) is 51.3 Å². The van der Waals surface area contributed by atoms with E-state index in [0.29, 0.717) is 0 Å². The van der Waals surface area contributed by atoms with Gasteiger partial charge in [-0.3, -0.25) is 0 Å². The van der Waals surface area contributed by atoms with Crippen molar-refractivity contribution in [2.24, 2.45) is 0 Å². The molecule has 0 bridgehead atoms. The fraction of sp³-hybridized carbons (Fsp3) is 0.692. The number of allylic oxidation sites excluding steroid dienone is 6. The minimum Gasteiger partial charge on any atom is -0.103 e. The van der Waals surface area contributed by atoms with Crippen molar-refractivity contribution in [1.29, 1.82) is 0 Å². The summed E-state index contributed by atoms with van der Waals surface area (Å²) < 4.78 is 0. The van der Waals surface area contributed by atoms with Crippen LogP contribution in [0.3, 0.4) is 0 Å². The standard InChI is InChI=1S/C26H46/c1-5-9-11-13-15-17-21-25(19-7-3)23-24-26(20-8-4)22-18-16-14-12-10-6-2/h7-8,21-22H,3-6,9-20,23-24H2,1-2H3/b25-21-,26-22-. The number of unbranched alkanes of at least 4 members (excludes halogenated alkanes) is 10. The lowest BCUT2D eigenvalue weighted by Crippen LogP contribution is -1.89. The summed E-state index contributed by atoms with van der Waals surface area (Å²) in [6.45, 7) is 12.5. The molecule has 150 valence electrons. The molecule has 0 N–H and O–H groups in total. The smallest absolute Gasteiger partial charge is 0.0141 e. The molecule has 0 nitrogen and oxygen atoms in total. The summed E-state index contributed by atoms with van der Waals surface area (Å²) in [4.78, 5) is 0. The van der Waals surface area contributed by atoms with Crippen LogP contribution >= 0.6 is 0 Å². The first kappa shape index (κ1) is 25.0. The summed E-state index contributed by atoms with van der Waals surface area (Å²) >= 11 is 0. The monoisotopic (exact) mass is 358 g/mol. The Hall–Kier alpha value is -1.04. The molecule has 0 fully saturated rings. The summed E-state index contributed by atoms with van der Waals surface area (Å²) in [7, 11) is 0. The molecule has 0 aromatic rings. The minimum atomic E-state index is 1.05. The third kappa shape index (κ3) is 16.4. The normalized spacial score (nSPS) is 12.4. The van der Waals surface area contributed by atoms with E-state index in [0.717, 1.165) is 12.8 Å². The summed E-state index contributed by atoms with van der Waals surface area (Å²) in [5, 5.41) is 0. The maximum absolute atomic E-state index is 3.95. The third-order valence-electron chi connectivity index (χ3n) is 5.06. The van der Waals surface area contributed by atoms with Crippen molar-refractivity contribution in [2.45, 2.75) is 117 Å². The van der Waals surface area contributed by atoms with Crippen LogP contribution in [0.1, 0.15) is 117 Å².